The van der Waals surface area contributed by atoms with E-state index in [4.69, 9.17) is 26.1 Å². The zero-order valence-corrected chi connectivity index (χ0v) is 25.3. The van der Waals surface area contributed by atoms with E-state index in [1.807, 2.05) is 66.0 Å². The Morgan fingerprint density at radius 2 is 1.71 bits per heavy atom. The number of thioether (sulfide) groups is 1. The van der Waals surface area contributed by atoms with Gasteiger partial charge in [0.2, 0.25) is 5.91 Å². The second kappa shape index (κ2) is 13.1. The number of aromatic nitrogens is 2. The van der Waals surface area contributed by atoms with Crippen LogP contribution >= 0.6 is 34.7 Å². The fraction of sp³-hybridized carbons (Fsp3) is 0.125. The highest BCUT2D eigenvalue weighted by Crippen LogP contribution is 2.41. The van der Waals surface area contributed by atoms with Crippen molar-refractivity contribution in [3.05, 3.63) is 94.8 Å². The second-order valence-corrected chi connectivity index (χ2v) is 11.6. The van der Waals surface area contributed by atoms with Crippen molar-refractivity contribution in [2.75, 3.05) is 19.5 Å². The summed E-state index contributed by atoms with van der Waals surface area (Å²) >= 11 is 8.84. The van der Waals surface area contributed by atoms with Crippen molar-refractivity contribution >= 4 is 45.7 Å². The minimum atomic E-state index is -0.594. The number of hydrogen-bond donors (Lipinski definition) is 1. The predicted molar refractivity (Wildman–Crippen MR) is 169 cm³/mol. The van der Waals surface area contributed by atoms with Crippen molar-refractivity contribution in [3.63, 3.8) is 0 Å². The van der Waals surface area contributed by atoms with E-state index in [2.05, 4.69) is 16.4 Å². The van der Waals surface area contributed by atoms with Crippen molar-refractivity contribution in [2.45, 2.75) is 17.2 Å². The molecule has 3 aromatic carbocycles. The van der Waals surface area contributed by atoms with Crippen LogP contribution in [0.2, 0.25) is 5.02 Å². The molecule has 10 heteroatoms. The minimum absolute atomic E-state index is 0.267. The fourth-order valence-electron chi connectivity index (χ4n) is 4.26. The summed E-state index contributed by atoms with van der Waals surface area (Å²) in [4.78, 5) is 22.7. The SMILES string of the molecule is COc1ccc(OC)c(-c2cc(-c3ccccc3)nc(SC(C)C(=O)Nc3nc(-c4ccccc4Cl)cs3)c2C#N)c1. The van der Waals surface area contributed by atoms with E-state index in [9.17, 15) is 10.1 Å². The Morgan fingerprint density at radius 3 is 2.43 bits per heavy atom. The third-order valence-electron chi connectivity index (χ3n) is 6.41. The van der Waals surface area contributed by atoms with Crippen LogP contribution in [0, 0.1) is 11.3 Å². The zero-order valence-electron chi connectivity index (χ0n) is 22.9. The molecule has 1 amide bonds. The molecule has 210 valence electrons. The summed E-state index contributed by atoms with van der Waals surface area (Å²) in [6.07, 6.45) is 0. The number of hydrogen-bond acceptors (Lipinski definition) is 8. The van der Waals surface area contributed by atoms with Crippen LogP contribution in [0.25, 0.3) is 33.6 Å². The second-order valence-electron chi connectivity index (χ2n) is 9.05. The maximum Gasteiger partial charge on any atom is 0.239 e. The van der Waals surface area contributed by atoms with Crippen LogP contribution < -0.4 is 14.8 Å². The Balaban J connectivity index is 1.49. The van der Waals surface area contributed by atoms with Crippen molar-refractivity contribution < 1.29 is 14.3 Å². The number of anilines is 1. The minimum Gasteiger partial charge on any atom is -0.497 e. The van der Waals surface area contributed by atoms with Crippen LogP contribution in [0.4, 0.5) is 5.13 Å². The summed E-state index contributed by atoms with van der Waals surface area (Å²) in [5.74, 6) is 0.933. The van der Waals surface area contributed by atoms with Crippen molar-refractivity contribution in [1.82, 2.24) is 9.97 Å². The van der Waals surface area contributed by atoms with Gasteiger partial charge in [-0.25, -0.2) is 9.97 Å². The standard InChI is InChI=1S/C32H25ClN4O3S2/c1-19(30(38)37-32-36-28(18-41-32)22-11-7-8-12-26(22)33)42-31-25(17-34)23(16-27(35-31)20-9-5-4-6-10-20)24-15-21(39-2)13-14-29(24)40-3/h4-16,18-19H,1-3H3,(H,36,37,38). The molecular formula is C32H25ClN4O3S2. The van der Waals surface area contributed by atoms with Crippen molar-refractivity contribution in [2.24, 2.45) is 0 Å². The van der Waals surface area contributed by atoms with E-state index < -0.39 is 5.25 Å². The predicted octanol–water partition coefficient (Wildman–Crippen LogP) is 8.20. The molecule has 5 aromatic rings. The van der Waals surface area contributed by atoms with Gasteiger partial charge in [-0.3, -0.25) is 4.79 Å². The number of carbonyl (C=O) groups excluding carboxylic acids is 1. The molecule has 2 heterocycles. The molecule has 0 fully saturated rings. The van der Waals surface area contributed by atoms with Gasteiger partial charge < -0.3 is 14.8 Å². The molecule has 0 aliphatic rings. The fourth-order valence-corrected chi connectivity index (χ4v) is 6.13. The summed E-state index contributed by atoms with van der Waals surface area (Å²) in [5, 5.41) is 16.0. The van der Waals surface area contributed by atoms with Crippen molar-refractivity contribution in [1.29, 1.82) is 5.26 Å². The lowest BCUT2D eigenvalue weighted by Gasteiger charge is -2.17. The average molecular weight is 613 g/mol. The van der Waals surface area contributed by atoms with Gasteiger partial charge in [0, 0.05) is 32.7 Å². The van der Waals surface area contributed by atoms with Crippen LogP contribution in [0.5, 0.6) is 11.5 Å². The summed E-state index contributed by atoms with van der Waals surface area (Å²) in [6, 6.07) is 26.7. The molecule has 42 heavy (non-hydrogen) atoms. The number of halogens is 1. The van der Waals surface area contributed by atoms with E-state index in [1.165, 1.54) is 23.1 Å². The number of nitrogens with zero attached hydrogens (tertiary/aromatic N) is 3. The van der Waals surface area contributed by atoms with Gasteiger partial charge >= 0.3 is 0 Å². The Hall–Kier alpha value is -4.36. The van der Waals surface area contributed by atoms with Gasteiger partial charge in [0.05, 0.1) is 36.4 Å². The molecule has 2 aromatic heterocycles. The molecule has 0 spiro atoms. The maximum absolute atomic E-state index is 13.3. The number of pyridine rings is 1. The Morgan fingerprint density at radius 1 is 0.952 bits per heavy atom. The molecule has 0 radical (unpaired) electrons. The number of benzene rings is 3. The molecule has 0 saturated carbocycles. The highest BCUT2D eigenvalue weighted by Gasteiger charge is 2.24. The van der Waals surface area contributed by atoms with E-state index >= 15 is 0 Å². The lowest BCUT2D eigenvalue weighted by molar-refractivity contribution is -0.115. The average Bonchev–Trinajstić information content (AvgIpc) is 3.48. The molecule has 0 saturated heterocycles. The number of rotatable bonds is 9. The van der Waals surface area contributed by atoms with E-state index in [0.29, 0.717) is 54.8 Å². The number of methoxy groups -OCH3 is 2. The Bertz CT molecular complexity index is 1790. The molecule has 1 N–H and O–H groups in total. The molecule has 1 unspecified atom stereocenters. The number of nitrogens with one attached hydrogen (secondary N) is 1. The first-order valence-corrected chi connectivity index (χ1v) is 15.0. The lowest BCUT2D eigenvalue weighted by Crippen LogP contribution is -2.22. The largest absolute Gasteiger partial charge is 0.497 e. The maximum atomic E-state index is 13.3. The third kappa shape index (κ3) is 6.26. The zero-order chi connectivity index (χ0) is 29.6. The summed E-state index contributed by atoms with van der Waals surface area (Å²) in [7, 11) is 3.16. The first-order valence-electron chi connectivity index (χ1n) is 12.8. The number of thiazole rings is 1. The van der Waals surface area contributed by atoms with E-state index in [1.54, 1.807) is 39.3 Å². The van der Waals surface area contributed by atoms with Gasteiger partial charge in [-0.15, -0.1) is 11.3 Å². The number of nitriles is 1. The van der Waals surface area contributed by atoms with E-state index in [0.717, 1.165) is 11.1 Å². The number of carbonyl (C=O) groups is 1. The first-order chi connectivity index (χ1) is 20.4. The van der Waals surface area contributed by atoms with E-state index in [-0.39, 0.29) is 5.91 Å². The lowest BCUT2D eigenvalue weighted by atomic mass is 9.98. The first kappa shape index (κ1) is 29.1. The molecular weight excluding hydrogens is 588 g/mol. The van der Waals surface area contributed by atoms with Crippen LogP contribution in [-0.4, -0.2) is 35.3 Å². The molecule has 5 rings (SSSR count). The molecule has 1 atom stereocenters. The van der Waals surface area contributed by atoms with Gasteiger partial charge in [0.25, 0.3) is 0 Å². The van der Waals surface area contributed by atoms with Crippen LogP contribution in [0.1, 0.15) is 12.5 Å². The van der Waals surface area contributed by atoms with Crippen LogP contribution in [-0.2, 0) is 4.79 Å². The van der Waals surface area contributed by atoms with Crippen LogP contribution in [0.3, 0.4) is 0 Å². The Kier molecular flexibility index (Phi) is 9.08. The quantitative estimate of drug-likeness (QED) is 0.168. The molecule has 0 bridgehead atoms. The summed E-state index contributed by atoms with van der Waals surface area (Å²) in [5.41, 5.74) is 4.65. The van der Waals surface area contributed by atoms with Crippen molar-refractivity contribution in [3.8, 4) is 51.2 Å². The highest BCUT2D eigenvalue weighted by atomic mass is 35.5. The monoisotopic (exact) mass is 612 g/mol. The van der Waals surface area contributed by atoms with Gasteiger partial charge in [-0.2, -0.15) is 5.26 Å². The van der Waals surface area contributed by atoms with Gasteiger partial charge in [0.1, 0.15) is 22.6 Å². The van der Waals surface area contributed by atoms with Crippen LogP contribution in [0.15, 0.2) is 89.3 Å². The Labute approximate surface area is 257 Å². The number of ether oxygens (including phenoxy) is 2. The van der Waals surface area contributed by atoms with Gasteiger partial charge in [0.15, 0.2) is 5.13 Å². The third-order valence-corrected chi connectivity index (χ3v) is 8.58. The number of amides is 1. The molecule has 7 nitrogen and oxygen atoms in total. The highest BCUT2D eigenvalue weighted by molar-refractivity contribution is 8.00. The summed E-state index contributed by atoms with van der Waals surface area (Å²) in [6.45, 7) is 1.77. The normalized spacial score (nSPS) is 11.4. The summed E-state index contributed by atoms with van der Waals surface area (Å²) < 4.78 is 11.1. The topological polar surface area (TPSA) is 97.1 Å². The smallest absolute Gasteiger partial charge is 0.239 e. The van der Waals surface area contributed by atoms with Gasteiger partial charge in [-0.1, -0.05) is 71.9 Å². The molecule has 0 aliphatic heterocycles. The van der Waals surface area contributed by atoms with Gasteiger partial charge in [-0.05, 0) is 37.3 Å². The molecule has 0 aliphatic carbocycles.